The van der Waals surface area contributed by atoms with E-state index >= 15 is 0 Å². The average Bonchev–Trinajstić information content (AvgIpc) is 3.73. The molecule has 0 bridgehead atoms. The van der Waals surface area contributed by atoms with Gasteiger partial charge in [0.15, 0.2) is 0 Å². The van der Waals surface area contributed by atoms with Crippen LogP contribution in [-0.4, -0.2) is 98.8 Å². The van der Waals surface area contributed by atoms with Crippen LogP contribution in [0.15, 0.2) is 60.7 Å². The first-order valence-electron chi connectivity index (χ1n) is 17.4. The van der Waals surface area contributed by atoms with Gasteiger partial charge in [0.1, 0.15) is 35.7 Å². The van der Waals surface area contributed by atoms with Gasteiger partial charge in [-0.15, -0.1) is 0 Å². The van der Waals surface area contributed by atoms with Crippen molar-refractivity contribution >= 4 is 35.4 Å². The van der Waals surface area contributed by atoms with Gasteiger partial charge in [-0.3, -0.25) is 28.8 Å². The number of nitrogens with zero attached hydrogens (tertiary/aromatic N) is 2. The summed E-state index contributed by atoms with van der Waals surface area (Å²) < 4.78 is 0. The molecule has 2 fully saturated rings. The van der Waals surface area contributed by atoms with Crippen molar-refractivity contribution in [1.82, 2.24) is 41.5 Å². The first-order valence-corrected chi connectivity index (χ1v) is 17.4. The SMILES string of the molecule is Cc1[nH]c(-c2ccccc2)nc1C(=O)N[C@H]1C[C@H]2C(=O)N[C@@H](C)C(=O)N[C@H](c3ccccc3)CC(=O)N[C@@H](CC(C)C)C(=O)N[C@@H](CO)C(=O)N2C1. The molecule has 2 aliphatic rings. The van der Waals surface area contributed by atoms with Crippen molar-refractivity contribution in [1.29, 1.82) is 0 Å². The minimum absolute atomic E-state index is 0.0164. The third-order valence-electron chi connectivity index (χ3n) is 9.19. The summed E-state index contributed by atoms with van der Waals surface area (Å²) >= 11 is 0. The van der Waals surface area contributed by atoms with E-state index in [2.05, 4.69) is 36.6 Å². The maximum Gasteiger partial charge on any atom is 0.272 e. The number of benzene rings is 2. The summed E-state index contributed by atoms with van der Waals surface area (Å²) in [5.74, 6) is -3.27. The Labute approximate surface area is 301 Å². The Morgan fingerprint density at radius 3 is 2.23 bits per heavy atom. The van der Waals surface area contributed by atoms with E-state index in [1.165, 1.54) is 11.8 Å². The molecule has 52 heavy (non-hydrogen) atoms. The van der Waals surface area contributed by atoms with Crippen LogP contribution in [0.1, 0.15) is 67.8 Å². The van der Waals surface area contributed by atoms with E-state index < -0.39 is 78.3 Å². The normalized spacial score (nSPS) is 24.8. The lowest BCUT2D eigenvalue weighted by Crippen LogP contribution is -2.59. The molecule has 6 atom stereocenters. The van der Waals surface area contributed by atoms with E-state index in [0.29, 0.717) is 17.1 Å². The maximum absolute atomic E-state index is 14.0. The molecular formula is C37H46N8O7. The molecule has 2 saturated heterocycles. The van der Waals surface area contributed by atoms with E-state index in [4.69, 9.17) is 0 Å². The van der Waals surface area contributed by atoms with Gasteiger partial charge in [0.25, 0.3) is 5.91 Å². The topological polar surface area (TPSA) is 215 Å². The molecule has 0 radical (unpaired) electrons. The predicted octanol–water partition coefficient (Wildman–Crippen LogP) is 0.858. The second kappa shape index (κ2) is 16.6. The van der Waals surface area contributed by atoms with Gasteiger partial charge >= 0.3 is 0 Å². The van der Waals surface area contributed by atoms with Crippen LogP contribution >= 0.6 is 0 Å². The highest BCUT2D eigenvalue weighted by Crippen LogP contribution is 2.23. The summed E-state index contributed by atoms with van der Waals surface area (Å²) in [6.45, 7) is 6.02. The van der Waals surface area contributed by atoms with Crippen molar-refractivity contribution in [3.05, 3.63) is 77.6 Å². The van der Waals surface area contributed by atoms with Crippen molar-refractivity contribution in [2.75, 3.05) is 13.2 Å². The lowest BCUT2D eigenvalue weighted by Gasteiger charge is -2.30. The van der Waals surface area contributed by atoms with Gasteiger partial charge in [-0.05, 0) is 38.2 Å². The number of imidazole rings is 1. The fourth-order valence-electron chi connectivity index (χ4n) is 6.51. The Morgan fingerprint density at radius 1 is 0.904 bits per heavy atom. The van der Waals surface area contributed by atoms with Gasteiger partial charge in [0, 0.05) is 23.8 Å². The fraction of sp³-hybridized carbons (Fsp3) is 0.432. The standard InChI is InChI=1S/C37H46N8O7/c1-20(2)15-27-34(49)43-28(19-46)37(52)45-18-25(40-36(51)31-21(3)38-32(44-31)24-13-9-6-10-14-24)16-29(45)35(50)39-22(4)33(48)42-26(17-30(47)41-27)23-11-7-5-8-12-23/h5-14,20,22,25-29,46H,15-19H2,1-4H3,(H,38,44)(H,39,50)(H,40,51)(H,41,47)(H,42,48)(H,43,49)/t22-,25-,26-,27-,28-,29-/m0/s1. The Morgan fingerprint density at radius 2 is 1.58 bits per heavy atom. The number of aliphatic hydroxyl groups excluding tert-OH is 1. The number of aliphatic hydroxyl groups is 1. The van der Waals surface area contributed by atoms with Crippen LogP contribution in [0, 0.1) is 12.8 Å². The van der Waals surface area contributed by atoms with Gasteiger partial charge in [0.05, 0.1) is 19.1 Å². The van der Waals surface area contributed by atoms with Crippen LogP contribution in [0.3, 0.4) is 0 Å². The van der Waals surface area contributed by atoms with Gasteiger partial charge in [-0.2, -0.15) is 0 Å². The van der Waals surface area contributed by atoms with Crippen LogP contribution in [0.25, 0.3) is 11.4 Å². The average molecular weight is 715 g/mol. The molecule has 1 aromatic heterocycles. The molecule has 5 rings (SSSR count). The number of aromatic nitrogens is 2. The van der Waals surface area contributed by atoms with Gasteiger partial charge in [0.2, 0.25) is 29.5 Å². The summed E-state index contributed by atoms with van der Waals surface area (Å²) in [4.78, 5) is 90.5. The van der Waals surface area contributed by atoms with Crippen LogP contribution in [-0.2, 0) is 24.0 Å². The smallest absolute Gasteiger partial charge is 0.272 e. The predicted molar refractivity (Wildman–Crippen MR) is 190 cm³/mol. The summed E-state index contributed by atoms with van der Waals surface area (Å²) in [6, 6.07) is 11.9. The molecule has 6 amide bonds. The molecule has 3 heterocycles. The number of carbonyl (C=O) groups excluding carboxylic acids is 6. The summed E-state index contributed by atoms with van der Waals surface area (Å²) in [5.41, 5.74) is 2.10. The second-order valence-electron chi connectivity index (χ2n) is 13.7. The molecule has 276 valence electrons. The zero-order valence-corrected chi connectivity index (χ0v) is 29.6. The molecule has 15 nitrogen and oxygen atoms in total. The van der Waals surface area contributed by atoms with Crippen LogP contribution < -0.4 is 26.6 Å². The highest BCUT2D eigenvalue weighted by molar-refractivity contribution is 5.97. The van der Waals surface area contributed by atoms with Crippen LogP contribution in [0.5, 0.6) is 0 Å². The third-order valence-corrected chi connectivity index (χ3v) is 9.19. The Hall–Kier alpha value is -5.57. The molecule has 3 aromatic rings. The van der Waals surface area contributed by atoms with Crippen molar-refractivity contribution < 1.29 is 33.9 Å². The first-order chi connectivity index (χ1) is 24.8. The van der Waals surface area contributed by atoms with Crippen molar-refractivity contribution in [2.45, 2.75) is 83.2 Å². The zero-order chi connectivity index (χ0) is 37.5. The van der Waals surface area contributed by atoms with Crippen molar-refractivity contribution in [3.63, 3.8) is 0 Å². The fourth-order valence-corrected chi connectivity index (χ4v) is 6.51. The number of amides is 6. The van der Waals surface area contributed by atoms with E-state index in [1.54, 1.807) is 37.3 Å². The molecule has 2 aromatic carbocycles. The minimum atomic E-state index is -1.46. The Balaban J connectivity index is 1.42. The number of aryl methyl sites for hydroxylation is 1. The number of hydrogen-bond donors (Lipinski definition) is 7. The number of aromatic amines is 1. The Bertz CT molecular complexity index is 1780. The lowest BCUT2D eigenvalue weighted by molar-refractivity contribution is -0.143. The summed E-state index contributed by atoms with van der Waals surface area (Å²) in [7, 11) is 0. The molecule has 0 aliphatic carbocycles. The molecule has 15 heteroatoms. The van der Waals surface area contributed by atoms with Crippen molar-refractivity contribution in [3.8, 4) is 11.4 Å². The minimum Gasteiger partial charge on any atom is -0.394 e. The van der Waals surface area contributed by atoms with Gasteiger partial charge in [-0.25, -0.2) is 4.98 Å². The van der Waals surface area contributed by atoms with E-state index in [0.717, 1.165) is 5.56 Å². The number of hydrogen-bond acceptors (Lipinski definition) is 8. The molecule has 7 N–H and O–H groups in total. The largest absolute Gasteiger partial charge is 0.394 e. The van der Waals surface area contributed by atoms with E-state index in [9.17, 15) is 33.9 Å². The van der Waals surface area contributed by atoms with E-state index in [-0.39, 0.29) is 37.4 Å². The first kappa shape index (κ1) is 37.7. The molecule has 0 spiro atoms. The van der Waals surface area contributed by atoms with Crippen LogP contribution in [0.2, 0.25) is 0 Å². The quantitative estimate of drug-likeness (QED) is 0.186. The number of H-pyrrole nitrogens is 1. The third kappa shape index (κ3) is 9.01. The number of carbonyl (C=O) groups is 6. The summed E-state index contributed by atoms with van der Waals surface area (Å²) in [5, 5.41) is 24.0. The number of rotatable bonds is 7. The van der Waals surface area contributed by atoms with Crippen molar-refractivity contribution in [2.24, 2.45) is 5.92 Å². The molecule has 2 aliphatic heterocycles. The molecule has 0 unspecified atom stereocenters. The second-order valence-corrected chi connectivity index (χ2v) is 13.7. The number of fused-ring (bicyclic) bond motifs is 1. The number of nitrogens with one attached hydrogen (secondary N) is 6. The monoisotopic (exact) mass is 714 g/mol. The van der Waals surface area contributed by atoms with Gasteiger partial charge < -0.3 is 41.6 Å². The molecular weight excluding hydrogens is 668 g/mol. The summed E-state index contributed by atoms with van der Waals surface area (Å²) in [6.07, 6.45) is 0.00291. The highest BCUT2D eigenvalue weighted by atomic mass is 16.3. The van der Waals surface area contributed by atoms with E-state index in [1.807, 2.05) is 44.2 Å². The highest BCUT2D eigenvalue weighted by Gasteiger charge is 2.44. The van der Waals surface area contributed by atoms with Gasteiger partial charge in [-0.1, -0.05) is 74.5 Å². The lowest BCUT2D eigenvalue weighted by atomic mass is 10.00. The maximum atomic E-state index is 14.0. The van der Waals surface area contributed by atoms with Crippen LogP contribution in [0.4, 0.5) is 0 Å². The Kier molecular flexibility index (Phi) is 12.1. The molecule has 0 saturated carbocycles. The zero-order valence-electron chi connectivity index (χ0n) is 29.6.